The summed E-state index contributed by atoms with van der Waals surface area (Å²) in [5.74, 6) is 0.444. The molecule has 3 aliphatic rings. The highest BCUT2D eigenvalue weighted by molar-refractivity contribution is 5.83. The van der Waals surface area contributed by atoms with Crippen LogP contribution in [0.15, 0.2) is 163 Å². The van der Waals surface area contributed by atoms with E-state index in [9.17, 15) is 0 Å². The lowest BCUT2D eigenvalue weighted by molar-refractivity contribution is 0.406. The molecule has 0 spiro atoms. The van der Waals surface area contributed by atoms with E-state index in [0.717, 1.165) is 19.3 Å². The molecule has 5 aromatic carbocycles. The molecule has 0 saturated heterocycles. The third-order valence-electron chi connectivity index (χ3n) is 10.3. The Morgan fingerprint density at radius 2 is 1.11 bits per heavy atom. The van der Waals surface area contributed by atoms with E-state index >= 15 is 0 Å². The molecule has 1 heteroatoms. The molecule has 46 heavy (non-hydrogen) atoms. The minimum Gasteiger partial charge on any atom is -0.314 e. The van der Waals surface area contributed by atoms with E-state index in [0.29, 0.717) is 5.92 Å². The van der Waals surface area contributed by atoms with E-state index in [-0.39, 0.29) is 5.41 Å². The highest BCUT2D eigenvalue weighted by Gasteiger charge is 2.44. The van der Waals surface area contributed by atoms with Gasteiger partial charge in [0, 0.05) is 17.1 Å². The average Bonchev–Trinajstić information content (AvgIpc) is 3.35. The fraction of sp³-hybridized carbons (Fsp3) is 0.156. The Kier molecular flexibility index (Phi) is 7.18. The maximum atomic E-state index is 2.47. The molecule has 0 bridgehead atoms. The van der Waals surface area contributed by atoms with Crippen LogP contribution in [0.1, 0.15) is 55.4 Å². The molecule has 0 N–H and O–H groups in total. The summed E-state index contributed by atoms with van der Waals surface area (Å²) in [6, 6.07) is 48.8. The molecule has 1 unspecified atom stereocenters. The topological polar surface area (TPSA) is 3.24 Å². The summed E-state index contributed by atoms with van der Waals surface area (Å²) >= 11 is 0. The number of rotatable bonds is 6. The lowest BCUT2D eigenvalue weighted by atomic mass is 9.74. The highest BCUT2D eigenvalue weighted by atomic mass is 15.1. The Bertz CT molecular complexity index is 2020. The van der Waals surface area contributed by atoms with Gasteiger partial charge in [0.25, 0.3) is 0 Å². The van der Waals surface area contributed by atoms with Crippen molar-refractivity contribution < 1.29 is 0 Å². The first kappa shape index (κ1) is 28.3. The largest absolute Gasteiger partial charge is 0.314 e. The van der Waals surface area contributed by atoms with Crippen molar-refractivity contribution in [3.63, 3.8) is 0 Å². The Morgan fingerprint density at radius 1 is 0.522 bits per heavy atom. The zero-order chi connectivity index (χ0) is 31.1. The second-order valence-corrected chi connectivity index (χ2v) is 13.4. The molecule has 224 valence electrons. The van der Waals surface area contributed by atoms with Crippen molar-refractivity contribution in [1.29, 1.82) is 0 Å². The van der Waals surface area contributed by atoms with Crippen LogP contribution in [0.25, 0.3) is 27.8 Å². The fourth-order valence-corrected chi connectivity index (χ4v) is 7.79. The van der Waals surface area contributed by atoms with Gasteiger partial charge in [-0.3, -0.25) is 0 Å². The van der Waals surface area contributed by atoms with Gasteiger partial charge in [0.05, 0.1) is 0 Å². The average molecular weight is 594 g/mol. The number of para-hydroxylation sites is 1. The Hall–Kier alpha value is -5.14. The van der Waals surface area contributed by atoms with E-state index in [1.54, 1.807) is 0 Å². The number of anilines is 2. The summed E-state index contributed by atoms with van der Waals surface area (Å²) < 4.78 is 0. The van der Waals surface area contributed by atoms with Crippen LogP contribution in [-0.4, -0.2) is 0 Å². The van der Waals surface area contributed by atoms with Gasteiger partial charge >= 0.3 is 0 Å². The lowest BCUT2D eigenvalue weighted by Gasteiger charge is -2.36. The third kappa shape index (κ3) is 5.07. The van der Waals surface area contributed by atoms with Gasteiger partial charge in [0.2, 0.25) is 0 Å². The molecule has 0 aromatic heterocycles. The maximum absolute atomic E-state index is 2.47. The maximum Gasteiger partial charge on any atom is 0.0464 e. The zero-order valence-electron chi connectivity index (χ0n) is 26.7. The predicted molar refractivity (Wildman–Crippen MR) is 196 cm³/mol. The van der Waals surface area contributed by atoms with Gasteiger partial charge in [-0.1, -0.05) is 141 Å². The molecule has 0 radical (unpaired) electrons. The summed E-state index contributed by atoms with van der Waals surface area (Å²) in [4.78, 5) is 2.47. The molecule has 0 heterocycles. The van der Waals surface area contributed by atoms with Gasteiger partial charge in [0.15, 0.2) is 0 Å². The van der Waals surface area contributed by atoms with Crippen LogP contribution >= 0.6 is 0 Å². The van der Waals surface area contributed by atoms with Crippen LogP contribution in [0.5, 0.6) is 0 Å². The van der Waals surface area contributed by atoms with Crippen molar-refractivity contribution in [1.82, 2.24) is 0 Å². The monoisotopic (exact) mass is 593 g/mol. The standard InChI is InChI=1S/C45H39N/c1-45(2)43-19-10-9-18-41(43)42-29-28-40(31-44(42)45)46(38-15-7-4-8-16-38)39-17-11-14-37(30-39)36-26-24-35(25-27-36)34-22-20-33(21-23-34)32-12-5-3-6-13-32/h3-20,22,24-30,44H,21,23,31H2,1-2H3. The quantitative estimate of drug-likeness (QED) is 0.189. The molecule has 5 aromatic rings. The van der Waals surface area contributed by atoms with E-state index in [2.05, 4.69) is 177 Å². The van der Waals surface area contributed by atoms with Crippen LogP contribution in [0.3, 0.4) is 0 Å². The molecular formula is C45H39N. The number of hydrogen-bond acceptors (Lipinski definition) is 1. The Labute approximate surface area is 273 Å². The summed E-state index contributed by atoms with van der Waals surface area (Å²) in [6.07, 6.45) is 12.5. The summed E-state index contributed by atoms with van der Waals surface area (Å²) in [5.41, 5.74) is 16.1. The Morgan fingerprint density at radius 3 is 1.83 bits per heavy atom. The van der Waals surface area contributed by atoms with Crippen LogP contribution < -0.4 is 4.90 Å². The van der Waals surface area contributed by atoms with Gasteiger partial charge in [-0.05, 0) is 111 Å². The molecule has 1 atom stereocenters. The van der Waals surface area contributed by atoms with E-state index < -0.39 is 0 Å². The van der Waals surface area contributed by atoms with E-state index in [4.69, 9.17) is 0 Å². The first-order chi connectivity index (χ1) is 22.6. The van der Waals surface area contributed by atoms with Crippen molar-refractivity contribution in [3.8, 4) is 11.1 Å². The molecule has 3 aliphatic carbocycles. The molecular weight excluding hydrogens is 555 g/mol. The zero-order valence-corrected chi connectivity index (χ0v) is 26.7. The summed E-state index contributed by atoms with van der Waals surface area (Å²) in [5, 5.41) is 0. The number of hydrogen-bond donors (Lipinski definition) is 0. The third-order valence-corrected chi connectivity index (χ3v) is 10.3. The number of nitrogens with zero attached hydrogens (tertiary/aromatic N) is 1. The smallest absolute Gasteiger partial charge is 0.0464 e. The van der Waals surface area contributed by atoms with Crippen LogP contribution in [0.4, 0.5) is 11.4 Å². The number of allylic oxidation sites excluding steroid dienone is 8. The van der Waals surface area contributed by atoms with Gasteiger partial charge in [-0.25, -0.2) is 0 Å². The van der Waals surface area contributed by atoms with Gasteiger partial charge in [-0.15, -0.1) is 0 Å². The molecule has 0 amide bonds. The second kappa shape index (κ2) is 11.7. The Balaban J connectivity index is 1.10. The van der Waals surface area contributed by atoms with Crippen LogP contribution in [0.2, 0.25) is 0 Å². The van der Waals surface area contributed by atoms with Gasteiger partial charge < -0.3 is 4.90 Å². The minimum atomic E-state index is 0.0839. The predicted octanol–water partition coefficient (Wildman–Crippen LogP) is 12.0. The molecule has 8 rings (SSSR count). The first-order valence-corrected chi connectivity index (χ1v) is 16.6. The number of benzene rings is 5. The summed E-state index contributed by atoms with van der Waals surface area (Å²) in [6.45, 7) is 4.83. The molecule has 0 saturated carbocycles. The highest BCUT2D eigenvalue weighted by Crippen LogP contribution is 2.54. The van der Waals surface area contributed by atoms with Crippen molar-refractivity contribution in [2.75, 3.05) is 4.90 Å². The van der Waals surface area contributed by atoms with Crippen molar-refractivity contribution in [3.05, 3.63) is 186 Å². The molecule has 1 nitrogen and oxygen atoms in total. The number of fused-ring (bicyclic) bond motifs is 3. The SMILES string of the molecule is CC1(C)c2ccccc2C2=CC=C(N(c3ccccc3)c3cccc(-c4ccc(C5=CC=C(c6ccccc6)CC5)cc4)c3)CC21. The van der Waals surface area contributed by atoms with Gasteiger partial charge in [0.1, 0.15) is 0 Å². The van der Waals surface area contributed by atoms with Crippen LogP contribution in [0, 0.1) is 5.92 Å². The summed E-state index contributed by atoms with van der Waals surface area (Å²) in [7, 11) is 0. The lowest BCUT2D eigenvalue weighted by Crippen LogP contribution is -2.28. The van der Waals surface area contributed by atoms with Crippen molar-refractivity contribution >= 4 is 28.1 Å². The molecule has 0 aliphatic heterocycles. The van der Waals surface area contributed by atoms with Crippen molar-refractivity contribution in [2.24, 2.45) is 5.92 Å². The normalized spacial score (nSPS) is 18.0. The van der Waals surface area contributed by atoms with E-state index in [1.165, 1.54) is 67.2 Å². The van der Waals surface area contributed by atoms with Crippen molar-refractivity contribution in [2.45, 2.75) is 38.5 Å². The van der Waals surface area contributed by atoms with E-state index in [1.807, 2.05) is 0 Å². The van der Waals surface area contributed by atoms with Crippen LogP contribution in [-0.2, 0) is 5.41 Å². The fourth-order valence-electron chi connectivity index (χ4n) is 7.79. The first-order valence-electron chi connectivity index (χ1n) is 16.6. The van der Waals surface area contributed by atoms with Gasteiger partial charge in [-0.2, -0.15) is 0 Å². The minimum absolute atomic E-state index is 0.0839. The molecule has 0 fully saturated rings. The second-order valence-electron chi connectivity index (χ2n) is 13.4.